The second kappa shape index (κ2) is 6.17. The normalized spacial score (nSPS) is 10.2. The first-order chi connectivity index (χ1) is 10.0. The minimum Gasteiger partial charge on any atom is -0.431 e. The summed E-state index contributed by atoms with van der Waals surface area (Å²) in [6.07, 6.45) is 0. The van der Waals surface area contributed by atoms with Gasteiger partial charge in [0.2, 0.25) is 11.6 Å². The van der Waals surface area contributed by atoms with Crippen molar-refractivity contribution in [2.75, 3.05) is 11.9 Å². The topological polar surface area (TPSA) is 90.2 Å². The molecule has 0 amide bonds. The third-order valence-electron chi connectivity index (χ3n) is 2.83. The van der Waals surface area contributed by atoms with Crippen LogP contribution in [0.5, 0.6) is 11.6 Å². The first-order valence-corrected chi connectivity index (χ1v) is 6.53. The summed E-state index contributed by atoms with van der Waals surface area (Å²) in [7, 11) is 0. The zero-order valence-electron chi connectivity index (χ0n) is 12.1. The van der Waals surface area contributed by atoms with Crippen molar-refractivity contribution >= 4 is 11.5 Å². The Labute approximate surface area is 122 Å². The van der Waals surface area contributed by atoms with Crippen molar-refractivity contribution in [3.05, 3.63) is 45.8 Å². The molecule has 0 saturated heterocycles. The van der Waals surface area contributed by atoms with E-state index in [1.165, 1.54) is 6.07 Å². The number of rotatable bonds is 5. The van der Waals surface area contributed by atoms with Crippen molar-refractivity contribution in [2.45, 2.75) is 20.8 Å². The predicted molar refractivity (Wildman–Crippen MR) is 78.8 cm³/mol. The van der Waals surface area contributed by atoms with E-state index in [4.69, 9.17) is 4.74 Å². The molecular weight excluding hydrogens is 272 g/mol. The van der Waals surface area contributed by atoms with Gasteiger partial charge in [0.1, 0.15) is 11.6 Å². The van der Waals surface area contributed by atoms with Gasteiger partial charge >= 0.3 is 5.69 Å². The summed E-state index contributed by atoms with van der Waals surface area (Å²) in [5.41, 5.74) is 0.610. The summed E-state index contributed by atoms with van der Waals surface area (Å²) in [5, 5.41) is 14.1. The molecule has 1 aromatic carbocycles. The van der Waals surface area contributed by atoms with Crippen molar-refractivity contribution in [2.24, 2.45) is 0 Å². The smallest absolute Gasteiger partial charge is 0.311 e. The molecule has 0 aliphatic carbocycles. The number of nitrogens with one attached hydrogen (secondary N) is 1. The number of nitro benzene ring substituents is 1. The van der Waals surface area contributed by atoms with E-state index in [2.05, 4.69) is 15.3 Å². The maximum Gasteiger partial charge on any atom is 0.311 e. The monoisotopic (exact) mass is 288 g/mol. The molecular formula is C14H16N4O3. The fourth-order valence-electron chi connectivity index (χ4n) is 1.84. The summed E-state index contributed by atoms with van der Waals surface area (Å²) >= 11 is 0. The number of aromatic nitrogens is 2. The Morgan fingerprint density at radius 1 is 1.29 bits per heavy atom. The van der Waals surface area contributed by atoms with E-state index >= 15 is 0 Å². The fraction of sp³-hybridized carbons (Fsp3) is 0.286. The molecule has 0 unspecified atom stereocenters. The third-order valence-corrected chi connectivity index (χ3v) is 2.83. The molecule has 21 heavy (non-hydrogen) atoms. The van der Waals surface area contributed by atoms with Crippen molar-refractivity contribution in [3.8, 4) is 11.6 Å². The van der Waals surface area contributed by atoms with Crippen LogP contribution in [0.2, 0.25) is 0 Å². The van der Waals surface area contributed by atoms with E-state index in [0.29, 0.717) is 29.6 Å². The second-order valence-electron chi connectivity index (χ2n) is 4.41. The molecule has 110 valence electrons. The van der Waals surface area contributed by atoms with E-state index in [1.54, 1.807) is 25.1 Å². The number of hydrogen-bond acceptors (Lipinski definition) is 6. The van der Waals surface area contributed by atoms with Crippen molar-refractivity contribution in [1.29, 1.82) is 0 Å². The fourth-order valence-corrected chi connectivity index (χ4v) is 1.84. The van der Waals surface area contributed by atoms with Gasteiger partial charge in [-0.15, -0.1) is 0 Å². The van der Waals surface area contributed by atoms with Crippen LogP contribution in [0.25, 0.3) is 0 Å². The average molecular weight is 288 g/mol. The lowest BCUT2D eigenvalue weighted by atomic mass is 10.3. The molecule has 0 bridgehead atoms. The number of anilines is 1. The molecule has 1 aromatic heterocycles. The van der Waals surface area contributed by atoms with Gasteiger partial charge < -0.3 is 10.1 Å². The standard InChI is InChI=1S/C14H16N4O3/c1-4-15-13-9(2)14(17-10(3)16-13)21-12-8-6-5-7-11(12)18(19)20/h5-8H,4H2,1-3H3,(H,15,16,17). The molecule has 0 spiro atoms. The first-order valence-electron chi connectivity index (χ1n) is 6.53. The zero-order chi connectivity index (χ0) is 15.4. The highest BCUT2D eigenvalue weighted by Crippen LogP contribution is 2.32. The summed E-state index contributed by atoms with van der Waals surface area (Å²) in [6, 6.07) is 6.20. The Bertz CT molecular complexity index is 673. The van der Waals surface area contributed by atoms with Gasteiger partial charge in [0.25, 0.3) is 0 Å². The summed E-state index contributed by atoms with van der Waals surface area (Å²) in [4.78, 5) is 19.0. The maximum absolute atomic E-state index is 11.0. The molecule has 2 rings (SSSR count). The minimum absolute atomic E-state index is 0.0989. The molecule has 0 aliphatic heterocycles. The first kappa shape index (κ1) is 14.7. The van der Waals surface area contributed by atoms with Crippen molar-refractivity contribution in [3.63, 3.8) is 0 Å². The number of para-hydroxylation sites is 2. The maximum atomic E-state index is 11.0. The van der Waals surface area contributed by atoms with Crippen LogP contribution in [-0.2, 0) is 0 Å². The van der Waals surface area contributed by atoms with Gasteiger partial charge in [0.15, 0.2) is 0 Å². The van der Waals surface area contributed by atoms with Crippen LogP contribution in [0.1, 0.15) is 18.3 Å². The lowest BCUT2D eigenvalue weighted by Gasteiger charge is -2.12. The quantitative estimate of drug-likeness (QED) is 0.671. The van der Waals surface area contributed by atoms with E-state index in [-0.39, 0.29) is 11.4 Å². The van der Waals surface area contributed by atoms with Gasteiger partial charge in [0.05, 0.1) is 10.5 Å². The van der Waals surface area contributed by atoms with E-state index in [0.717, 1.165) is 0 Å². The Morgan fingerprint density at radius 2 is 2.00 bits per heavy atom. The van der Waals surface area contributed by atoms with Gasteiger partial charge in [-0.3, -0.25) is 10.1 Å². The molecule has 7 nitrogen and oxygen atoms in total. The van der Waals surface area contributed by atoms with Gasteiger partial charge in [0, 0.05) is 12.6 Å². The van der Waals surface area contributed by atoms with Crippen molar-refractivity contribution < 1.29 is 9.66 Å². The molecule has 2 aromatic rings. The molecule has 0 radical (unpaired) electrons. The molecule has 0 atom stereocenters. The predicted octanol–water partition coefficient (Wildman–Crippen LogP) is 3.23. The zero-order valence-corrected chi connectivity index (χ0v) is 12.1. The van der Waals surface area contributed by atoms with E-state index < -0.39 is 4.92 Å². The third kappa shape index (κ3) is 3.25. The lowest BCUT2D eigenvalue weighted by Crippen LogP contribution is -2.06. The highest BCUT2D eigenvalue weighted by atomic mass is 16.6. The Hall–Kier alpha value is -2.70. The number of nitrogens with zero attached hydrogens (tertiary/aromatic N) is 3. The Balaban J connectivity index is 2.42. The number of nitro groups is 1. The van der Waals surface area contributed by atoms with Gasteiger partial charge in [-0.2, -0.15) is 4.98 Å². The van der Waals surface area contributed by atoms with Crippen LogP contribution in [0, 0.1) is 24.0 Å². The molecule has 7 heteroatoms. The largest absolute Gasteiger partial charge is 0.431 e. The van der Waals surface area contributed by atoms with Gasteiger partial charge in [-0.1, -0.05) is 12.1 Å². The Morgan fingerprint density at radius 3 is 2.67 bits per heavy atom. The van der Waals surface area contributed by atoms with Crippen LogP contribution < -0.4 is 10.1 Å². The molecule has 0 aliphatic rings. The van der Waals surface area contributed by atoms with Crippen LogP contribution in [0.15, 0.2) is 24.3 Å². The number of hydrogen-bond donors (Lipinski definition) is 1. The Kier molecular flexibility index (Phi) is 4.32. The summed E-state index contributed by atoms with van der Waals surface area (Å²) in [5.74, 6) is 1.67. The van der Waals surface area contributed by atoms with Crippen LogP contribution in [-0.4, -0.2) is 21.4 Å². The van der Waals surface area contributed by atoms with Gasteiger partial charge in [-0.25, -0.2) is 4.98 Å². The number of aryl methyl sites for hydroxylation is 1. The van der Waals surface area contributed by atoms with Crippen LogP contribution in [0.3, 0.4) is 0 Å². The number of benzene rings is 1. The molecule has 1 heterocycles. The molecule has 1 N–H and O–H groups in total. The van der Waals surface area contributed by atoms with Gasteiger partial charge in [-0.05, 0) is 26.8 Å². The van der Waals surface area contributed by atoms with E-state index in [1.807, 2.05) is 13.8 Å². The van der Waals surface area contributed by atoms with Crippen molar-refractivity contribution in [1.82, 2.24) is 9.97 Å². The minimum atomic E-state index is -0.482. The number of ether oxygens (including phenoxy) is 1. The van der Waals surface area contributed by atoms with Crippen LogP contribution in [0.4, 0.5) is 11.5 Å². The van der Waals surface area contributed by atoms with Crippen LogP contribution >= 0.6 is 0 Å². The SMILES string of the molecule is CCNc1nc(C)nc(Oc2ccccc2[N+](=O)[O-])c1C. The summed E-state index contributed by atoms with van der Waals surface area (Å²) < 4.78 is 5.64. The average Bonchev–Trinajstić information content (AvgIpc) is 2.44. The molecule has 0 fully saturated rings. The highest BCUT2D eigenvalue weighted by Gasteiger charge is 2.17. The second-order valence-corrected chi connectivity index (χ2v) is 4.41. The van der Waals surface area contributed by atoms with E-state index in [9.17, 15) is 10.1 Å². The highest BCUT2D eigenvalue weighted by molar-refractivity contribution is 5.52. The lowest BCUT2D eigenvalue weighted by molar-refractivity contribution is -0.385. The summed E-state index contributed by atoms with van der Waals surface area (Å²) in [6.45, 7) is 6.22. The molecule has 0 saturated carbocycles.